The zero-order valence-corrected chi connectivity index (χ0v) is 15.5. The minimum absolute atomic E-state index is 0.0764. The van der Waals surface area contributed by atoms with Crippen molar-refractivity contribution < 1.29 is 24.2 Å². The molecule has 0 bridgehead atoms. The third-order valence-electron chi connectivity index (χ3n) is 4.01. The van der Waals surface area contributed by atoms with E-state index in [9.17, 15) is 14.7 Å². The molecule has 2 aromatic carbocycles. The number of rotatable bonds is 8. The summed E-state index contributed by atoms with van der Waals surface area (Å²) in [7, 11) is 0. The highest BCUT2D eigenvalue weighted by Crippen LogP contribution is 2.25. The molecule has 3 rings (SSSR count). The van der Waals surface area contributed by atoms with Gasteiger partial charge in [-0.15, -0.1) is 0 Å². The molecule has 0 aliphatic rings. The molecule has 1 aromatic heterocycles. The topological polar surface area (TPSA) is 97.8 Å². The molecule has 0 radical (unpaired) electrons. The quantitative estimate of drug-likeness (QED) is 0.572. The number of aliphatic hydroxyl groups is 1. The maximum atomic E-state index is 12.3. The lowest BCUT2D eigenvalue weighted by molar-refractivity contribution is -0.148. The van der Waals surface area contributed by atoms with Crippen molar-refractivity contribution >= 4 is 11.9 Å². The van der Waals surface area contributed by atoms with E-state index in [2.05, 4.69) is 10.3 Å². The number of esters is 1. The fraction of sp³-hybridized carbons (Fsp3) is 0.136. The van der Waals surface area contributed by atoms with Crippen LogP contribution in [0.1, 0.15) is 15.9 Å². The molecule has 0 aliphatic carbocycles. The Labute approximate surface area is 167 Å². The average Bonchev–Trinajstić information content (AvgIpc) is 2.77. The number of amides is 1. The second-order valence-electron chi connectivity index (χ2n) is 6.08. The second-order valence-corrected chi connectivity index (χ2v) is 6.08. The molecule has 1 heterocycles. The van der Waals surface area contributed by atoms with Crippen LogP contribution in [0.15, 0.2) is 79.1 Å². The SMILES string of the molecule is O=C(NC(CO)C(=O)OCc1ccccc1Oc1cccnc1)c1ccccc1. The van der Waals surface area contributed by atoms with Crippen LogP contribution >= 0.6 is 0 Å². The molecule has 2 N–H and O–H groups in total. The highest BCUT2D eigenvalue weighted by molar-refractivity contribution is 5.96. The first-order valence-corrected chi connectivity index (χ1v) is 8.96. The lowest BCUT2D eigenvalue weighted by atomic mass is 10.2. The van der Waals surface area contributed by atoms with E-state index in [4.69, 9.17) is 9.47 Å². The fourth-order valence-corrected chi connectivity index (χ4v) is 2.52. The first-order valence-electron chi connectivity index (χ1n) is 8.96. The lowest BCUT2D eigenvalue weighted by Gasteiger charge is -2.16. The number of aliphatic hydroxyl groups excluding tert-OH is 1. The number of benzene rings is 2. The summed E-state index contributed by atoms with van der Waals surface area (Å²) in [4.78, 5) is 28.5. The summed E-state index contributed by atoms with van der Waals surface area (Å²) in [6, 6.07) is 17.9. The van der Waals surface area contributed by atoms with Crippen molar-refractivity contribution in [1.29, 1.82) is 0 Å². The standard InChI is InChI=1S/C22H20N2O5/c25-14-19(24-21(26)16-7-2-1-3-8-16)22(27)28-15-17-9-4-5-11-20(17)29-18-10-6-12-23-13-18/h1-13,19,25H,14-15H2,(H,24,26). The Morgan fingerprint density at radius 3 is 2.48 bits per heavy atom. The molecular formula is C22H20N2O5. The number of nitrogens with zero attached hydrogens (tertiary/aromatic N) is 1. The van der Waals surface area contributed by atoms with Crippen molar-refractivity contribution in [3.05, 3.63) is 90.3 Å². The summed E-state index contributed by atoms with van der Waals surface area (Å²) in [6.45, 7) is -0.655. The van der Waals surface area contributed by atoms with Crippen LogP contribution in [0.25, 0.3) is 0 Å². The predicted molar refractivity (Wildman–Crippen MR) is 105 cm³/mol. The van der Waals surface area contributed by atoms with Gasteiger partial charge in [0.2, 0.25) is 0 Å². The third-order valence-corrected chi connectivity index (χ3v) is 4.01. The highest BCUT2D eigenvalue weighted by atomic mass is 16.5. The van der Waals surface area contributed by atoms with Crippen molar-refractivity contribution in [2.75, 3.05) is 6.61 Å². The van der Waals surface area contributed by atoms with Crippen LogP contribution < -0.4 is 10.1 Å². The maximum Gasteiger partial charge on any atom is 0.331 e. The number of aromatic nitrogens is 1. The van der Waals surface area contributed by atoms with Gasteiger partial charge in [-0.3, -0.25) is 9.78 Å². The highest BCUT2D eigenvalue weighted by Gasteiger charge is 2.22. The van der Waals surface area contributed by atoms with Crippen LogP contribution in [0, 0.1) is 0 Å². The number of nitrogens with one attached hydrogen (secondary N) is 1. The predicted octanol–water partition coefficient (Wildman–Crippen LogP) is 2.71. The Hall–Kier alpha value is -3.71. The Kier molecular flexibility index (Phi) is 6.91. The van der Waals surface area contributed by atoms with Crippen LogP contribution in [0.5, 0.6) is 11.5 Å². The third kappa shape index (κ3) is 5.63. The molecule has 1 atom stereocenters. The van der Waals surface area contributed by atoms with Gasteiger partial charge in [0.15, 0.2) is 6.04 Å². The first-order chi connectivity index (χ1) is 14.2. The van der Waals surface area contributed by atoms with E-state index in [1.54, 1.807) is 79.1 Å². The van der Waals surface area contributed by atoms with Crippen molar-refractivity contribution in [3.63, 3.8) is 0 Å². The minimum atomic E-state index is -1.17. The molecule has 3 aromatic rings. The Balaban J connectivity index is 1.61. The van der Waals surface area contributed by atoms with Gasteiger partial charge in [0.05, 0.1) is 12.8 Å². The van der Waals surface area contributed by atoms with Crippen LogP contribution in [0.2, 0.25) is 0 Å². The molecule has 0 spiro atoms. The Morgan fingerprint density at radius 2 is 1.76 bits per heavy atom. The molecule has 1 amide bonds. The van der Waals surface area contributed by atoms with E-state index in [1.165, 1.54) is 0 Å². The summed E-state index contributed by atoms with van der Waals surface area (Å²) in [6.07, 6.45) is 3.21. The van der Waals surface area contributed by atoms with E-state index in [-0.39, 0.29) is 6.61 Å². The van der Waals surface area contributed by atoms with Gasteiger partial charge in [-0.1, -0.05) is 36.4 Å². The minimum Gasteiger partial charge on any atom is -0.459 e. The van der Waals surface area contributed by atoms with Gasteiger partial charge in [0.25, 0.3) is 5.91 Å². The molecule has 0 saturated heterocycles. The first kappa shape index (κ1) is 20.0. The van der Waals surface area contributed by atoms with Crippen molar-refractivity contribution in [2.24, 2.45) is 0 Å². The molecule has 29 heavy (non-hydrogen) atoms. The van der Waals surface area contributed by atoms with Gasteiger partial charge >= 0.3 is 5.97 Å². The van der Waals surface area contributed by atoms with Gasteiger partial charge < -0.3 is 19.9 Å². The summed E-state index contributed by atoms with van der Waals surface area (Å²) in [5.41, 5.74) is 1.02. The molecular weight excluding hydrogens is 372 g/mol. The van der Waals surface area contributed by atoms with Crippen molar-refractivity contribution in [2.45, 2.75) is 12.6 Å². The van der Waals surface area contributed by atoms with Gasteiger partial charge in [-0.2, -0.15) is 0 Å². The summed E-state index contributed by atoms with van der Waals surface area (Å²) < 4.78 is 11.1. The summed E-state index contributed by atoms with van der Waals surface area (Å²) in [5.74, 6) is -0.147. The monoisotopic (exact) mass is 392 g/mol. The van der Waals surface area contributed by atoms with Crippen molar-refractivity contribution in [1.82, 2.24) is 10.3 Å². The zero-order valence-electron chi connectivity index (χ0n) is 15.5. The number of para-hydroxylation sites is 1. The van der Waals surface area contributed by atoms with Gasteiger partial charge in [-0.25, -0.2) is 4.79 Å². The van der Waals surface area contributed by atoms with Crippen LogP contribution in [0.3, 0.4) is 0 Å². The second kappa shape index (κ2) is 10.0. The zero-order chi connectivity index (χ0) is 20.5. The molecule has 0 aliphatic heterocycles. The molecule has 7 nitrogen and oxygen atoms in total. The number of hydrogen-bond donors (Lipinski definition) is 2. The van der Waals surface area contributed by atoms with Gasteiger partial charge in [0.1, 0.15) is 18.1 Å². The lowest BCUT2D eigenvalue weighted by Crippen LogP contribution is -2.44. The van der Waals surface area contributed by atoms with Crippen LogP contribution in [-0.2, 0) is 16.1 Å². The number of pyridine rings is 1. The van der Waals surface area contributed by atoms with E-state index in [1.807, 2.05) is 0 Å². The Morgan fingerprint density at radius 1 is 1.00 bits per heavy atom. The van der Waals surface area contributed by atoms with E-state index in [0.717, 1.165) is 0 Å². The summed E-state index contributed by atoms with van der Waals surface area (Å²) >= 11 is 0. The van der Waals surface area contributed by atoms with Crippen molar-refractivity contribution in [3.8, 4) is 11.5 Å². The number of carbonyl (C=O) groups is 2. The molecule has 148 valence electrons. The molecule has 0 saturated carbocycles. The Bertz CT molecular complexity index is 948. The largest absolute Gasteiger partial charge is 0.459 e. The number of hydrogen-bond acceptors (Lipinski definition) is 6. The van der Waals surface area contributed by atoms with Gasteiger partial charge in [-0.05, 0) is 30.3 Å². The van der Waals surface area contributed by atoms with Crippen LogP contribution in [-0.4, -0.2) is 34.6 Å². The van der Waals surface area contributed by atoms with Crippen LogP contribution in [0.4, 0.5) is 0 Å². The fourth-order valence-electron chi connectivity index (χ4n) is 2.52. The molecule has 0 fully saturated rings. The van der Waals surface area contributed by atoms with E-state index >= 15 is 0 Å². The van der Waals surface area contributed by atoms with Gasteiger partial charge in [0, 0.05) is 17.3 Å². The number of carbonyl (C=O) groups excluding carboxylic acids is 2. The smallest absolute Gasteiger partial charge is 0.331 e. The van der Waals surface area contributed by atoms with E-state index in [0.29, 0.717) is 22.6 Å². The molecule has 1 unspecified atom stereocenters. The molecule has 7 heteroatoms. The average molecular weight is 392 g/mol. The maximum absolute atomic E-state index is 12.3. The van der Waals surface area contributed by atoms with E-state index < -0.39 is 24.5 Å². The summed E-state index contributed by atoms with van der Waals surface area (Å²) in [5, 5.41) is 12.0. The normalized spacial score (nSPS) is 11.3. The number of ether oxygens (including phenoxy) is 2.